The summed E-state index contributed by atoms with van der Waals surface area (Å²) in [5.41, 5.74) is 0.487. The molecule has 1 amide bonds. The van der Waals surface area contributed by atoms with E-state index < -0.39 is 35.1 Å². The Balaban J connectivity index is 1.57. The van der Waals surface area contributed by atoms with Crippen molar-refractivity contribution in [3.8, 4) is 0 Å². The van der Waals surface area contributed by atoms with Gasteiger partial charge in [-0.3, -0.25) is 19.3 Å². The summed E-state index contributed by atoms with van der Waals surface area (Å²) in [4.78, 5) is 27.8. The van der Waals surface area contributed by atoms with E-state index in [1.165, 1.54) is 18.2 Å². The first-order valence-electron chi connectivity index (χ1n) is 7.94. The zero-order chi connectivity index (χ0) is 21.2. The molecule has 0 atom stereocenters. The predicted octanol–water partition coefficient (Wildman–Crippen LogP) is 2.87. The third-order valence-corrected chi connectivity index (χ3v) is 5.88. The lowest BCUT2D eigenvalue weighted by atomic mass is 10.2. The van der Waals surface area contributed by atoms with Crippen molar-refractivity contribution in [1.82, 2.24) is 4.72 Å². The molecule has 0 saturated carbocycles. The van der Waals surface area contributed by atoms with Crippen molar-refractivity contribution in [2.75, 3.05) is 18.5 Å². The number of ether oxygens (including phenoxy) is 1. The SMILES string of the molecule is O=C(COC(=O)CN=C1NS(=O)(=O)c2ccccc21)Nc1c(Cl)cc(Cl)cc1Cl. The monoisotopic (exact) mass is 475 g/mol. The smallest absolute Gasteiger partial charge is 0.328 e. The third-order valence-electron chi connectivity index (χ3n) is 3.66. The summed E-state index contributed by atoms with van der Waals surface area (Å²) in [7, 11) is -3.71. The first-order valence-corrected chi connectivity index (χ1v) is 10.6. The van der Waals surface area contributed by atoms with Crippen molar-refractivity contribution in [2.24, 2.45) is 4.99 Å². The highest BCUT2D eigenvalue weighted by Crippen LogP contribution is 2.33. The van der Waals surface area contributed by atoms with Crippen molar-refractivity contribution in [3.05, 3.63) is 57.0 Å². The minimum absolute atomic E-state index is 0.0294. The van der Waals surface area contributed by atoms with Gasteiger partial charge in [0.05, 0.1) is 20.6 Å². The number of halogens is 3. The number of carbonyl (C=O) groups excluding carboxylic acids is 2. The first-order chi connectivity index (χ1) is 13.7. The van der Waals surface area contributed by atoms with Gasteiger partial charge in [0.2, 0.25) is 0 Å². The number of nitrogens with zero attached hydrogens (tertiary/aromatic N) is 1. The van der Waals surface area contributed by atoms with Crippen LogP contribution in [-0.2, 0) is 24.3 Å². The van der Waals surface area contributed by atoms with Gasteiger partial charge in [-0.15, -0.1) is 0 Å². The van der Waals surface area contributed by atoms with Crippen molar-refractivity contribution in [1.29, 1.82) is 0 Å². The van der Waals surface area contributed by atoms with Crippen molar-refractivity contribution in [3.63, 3.8) is 0 Å². The molecule has 2 N–H and O–H groups in total. The Morgan fingerprint density at radius 2 is 1.76 bits per heavy atom. The number of carbonyl (C=O) groups is 2. The second-order valence-electron chi connectivity index (χ2n) is 5.72. The molecule has 1 heterocycles. The average Bonchev–Trinajstić information content (AvgIpc) is 2.92. The molecule has 1 aliphatic heterocycles. The molecular formula is C17H12Cl3N3O5S. The molecule has 0 aliphatic carbocycles. The maximum atomic E-state index is 12.0. The van der Waals surface area contributed by atoms with Crippen LogP contribution in [0.15, 0.2) is 46.3 Å². The zero-order valence-electron chi connectivity index (χ0n) is 14.4. The summed E-state index contributed by atoms with van der Waals surface area (Å²) in [5.74, 6) is -1.48. The number of esters is 1. The molecule has 0 radical (unpaired) electrons. The molecule has 3 rings (SSSR count). The van der Waals surface area contributed by atoms with E-state index in [4.69, 9.17) is 39.5 Å². The fourth-order valence-electron chi connectivity index (χ4n) is 2.42. The number of benzene rings is 2. The normalized spacial score (nSPS) is 15.5. The molecule has 0 fully saturated rings. The summed E-state index contributed by atoms with van der Waals surface area (Å²) >= 11 is 17.7. The van der Waals surface area contributed by atoms with Crippen LogP contribution < -0.4 is 10.0 Å². The maximum Gasteiger partial charge on any atom is 0.328 e. The van der Waals surface area contributed by atoms with Crippen LogP contribution in [0.2, 0.25) is 15.1 Å². The van der Waals surface area contributed by atoms with Gasteiger partial charge in [0.25, 0.3) is 15.9 Å². The van der Waals surface area contributed by atoms with Gasteiger partial charge in [0, 0.05) is 10.6 Å². The number of hydrogen-bond acceptors (Lipinski definition) is 6. The van der Waals surface area contributed by atoms with E-state index in [2.05, 4.69) is 15.0 Å². The summed E-state index contributed by atoms with van der Waals surface area (Å²) in [5, 5.41) is 2.97. The minimum Gasteiger partial charge on any atom is -0.454 e. The first kappa shape index (κ1) is 21.4. The molecule has 152 valence electrons. The quantitative estimate of drug-likeness (QED) is 0.644. The van der Waals surface area contributed by atoms with E-state index in [1.54, 1.807) is 18.2 Å². The number of amidine groups is 1. The van der Waals surface area contributed by atoms with Gasteiger partial charge in [0.15, 0.2) is 6.61 Å². The second-order valence-corrected chi connectivity index (χ2v) is 8.62. The van der Waals surface area contributed by atoms with Gasteiger partial charge in [-0.2, -0.15) is 0 Å². The number of sulfonamides is 1. The van der Waals surface area contributed by atoms with Crippen LogP contribution in [-0.4, -0.2) is 39.3 Å². The highest BCUT2D eigenvalue weighted by Gasteiger charge is 2.30. The van der Waals surface area contributed by atoms with Crippen LogP contribution in [0.1, 0.15) is 5.56 Å². The summed E-state index contributed by atoms with van der Waals surface area (Å²) < 4.78 is 31.1. The van der Waals surface area contributed by atoms with Crippen molar-refractivity contribution < 1.29 is 22.7 Å². The molecule has 8 nitrogen and oxygen atoms in total. The van der Waals surface area contributed by atoms with Gasteiger partial charge < -0.3 is 10.1 Å². The Kier molecular flexibility index (Phi) is 6.33. The molecule has 1 aliphatic rings. The fraction of sp³-hybridized carbons (Fsp3) is 0.118. The van der Waals surface area contributed by atoms with Gasteiger partial charge in [-0.05, 0) is 24.3 Å². The highest BCUT2D eigenvalue weighted by atomic mass is 35.5. The van der Waals surface area contributed by atoms with Crippen molar-refractivity contribution in [2.45, 2.75) is 4.90 Å². The van der Waals surface area contributed by atoms with E-state index in [0.29, 0.717) is 10.6 Å². The van der Waals surface area contributed by atoms with E-state index in [1.807, 2.05) is 0 Å². The molecule has 12 heteroatoms. The number of amides is 1. The Morgan fingerprint density at radius 3 is 2.45 bits per heavy atom. The third kappa shape index (κ3) is 4.99. The van der Waals surface area contributed by atoms with Crippen LogP contribution in [0.3, 0.4) is 0 Å². The molecule has 0 aromatic heterocycles. The second kappa shape index (κ2) is 8.58. The number of rotatable bonds is 5. The minimum atomic E-state index is -3.71. The average molecular weight is 477 g/mol. The number of fused-ring (bicyclic) bond motifs is 1. The Morgan fingerprint density at radius 1 is 1.10 bits per heavy atom. The van der Waals surface area contributed by atoms with E-state index >= 15 is 0 Å². The number of nitrogens with one attached hydrogen (secondary N) is 2. The molecular weight excluding hydrogens is 465 g/mol. The Hall–Kier alpha value is -2.33. The number of anilines is 1. The van der Waals surface area contributed by atoms with Crippen LogP contribution in [0, 0.1) is 0 Å². The molecule has 2 aromatic carbocycles. The Bertz CT molecular complexity index is 1110. The maximum absolute atomic E-state index is 12.0. The highest BCUT2D eigenvalue weighted by molar-refractivity contribution is 7.90. The number of hydrogen-bond donors (Lipinski definition) is 2. The largest absolute Gasteiger partial charge is 0.454 e. The lowest BCUT2D eigenvalue weighted by Crippen LogP contribution is -2.25. The van der Waals surface area contributed by atoms with Crippen LogP contribution >= 0.6 is 34.8 Å². The van der Waals surface area contributed by atoms with Crippen LogP contribution in [0.5, 0.6) is 0 Å². The van der Waals surface area contributed by atoms with E-state index in [0.717, 1.165) is 0 Å². The van der Waals surface area contributed by atoms with Gasteiger partial charge in [0.1, 0.15) is 12.4 Å². The zero-order valence-corrected chi connectivity index (χ0v) is 17.5. The summed E-state index contributed by atoms with van der Waals surface area (Å²) in [6, 6.07) is 9.00. The van der Waals surface area contributed by atoms with Crippen LogP contribution in [0.4, 0.5) is 5.69 Å². The lowest BCUT2D eigenvalue weighted by Gasteiger charge is -2.10. The Labute approximate surface area is 180 Å². The molecule has 29 heavy (non-hydrogen) atoms. The van der Waals surface area contributed by atoms with Gasteiger partial charge in [-0.25, -0.2) is 8.42 Å². The lowest BCUT2D eigenvalue weighted by molar-refractivity contribution is -0.145. The molecule has 2 aromatic rings. The topological polar surface area (TPSA) is 114 Å². The number of aliphatic imine (C=N–C) groups is 1. The predicted molar refractivity (Wildman–Crippen MR) is 109 cm³/mol. The molecule has 0 spiro atoms. The molecule has 0 saturated heterocycles. The van der Waals surface area contributed by atoms with Crippen LogP contribution in [0.25, 0.3) is 0 Å². The van der Waals surface area contributed by atoms with E-state index in [9.17, 15) is 18.0 Å². The fourth-order valence-corrected chi connectivity index (χ4v) is 4.59. The van der Waals surface area contributed by atoms with Crippen molar-refractivity contribution >= 4 is 68.2 Å². The molecule has 0 bridgehead atoms. The van der Waals surface area contributed by atoms with Gasteiger partial charge >= 0.3 is 5.97 Å². The molecule has 0 unspecified atom stereocenters. The standard InChI is InChI=1S/C17H12Cl3N3O5S/c18-9-5-11(19)16(12(20)6-9)22-14(24)8-28-15(25)7-21-17-10-3-1-2-4-13(10)29(26,27)23-17/h1-6H,7-8H2,(H,21,23)(H,22,24). The van der Waals surface area contributed by atoms with E-state index in [-0.39, 0.29) is 26.5 Å². The van der Waals surface area contributed by atoms with Gasteiger partial charge in [-0.1, -0.05) is 46.9 Å². The summed E-state index contributed by atoms with van der Waals surface area (Å²) in [6.45, 7) is -1.09. The summed E-state index contributed by atoms with van der Waals surface area (Å²) in [6.07, 6.45) is 0.